The summed E-state index contributed by atoms with van der Waals surface area (Å²) < 4.78 is 6.80. The Balaban J connectivity index is 1.77. The Labute approximate surface area is 187 Å². The first kappa shape index (κ1) is 22.1. The number of aryl methyl sites for hydroxylation is 1. The van der Waals surface area contributed by atoms with E-state index in [4.69, 9.17) is 16.3 Å². The molecule has 0 radical (unpaired) electrons. The van der Waals surface area contributed by atoms with Gasteiger partial charge in [0.2, 0.25) is 5.91 Å². The van der Waals surface area contributed by atoms with Crippen LogP contribution in [0.15, 0.2) is 47.5 Å². The number of carbonyl (C=O) groups is 2. The van der Waals surface area contributed by atoms with Gasteiger partial charge in [0.15, 0.2) is 5.16 Å². The van der Waals surface area contributed by atoms with E-state index in [1.54, 1.807) is 18.2 Å². The molecule has 0 fully saturated rings. The van der Waals surface area contributed by atoms with E-state index in [-0.39, 0.29) is 11.7 Å². The number of esters is 1. The van der Waals surface area contributed by atoms with E-state index in [9.17, 15) is 9.59 Å². The number of nitrogens with one attached hydrogen (secondary N) is 1. The summed E-state index contributed by atoms with van der Waals surface area (Å²) in [6, 6.07) is 7.11. The van der Waals surface area contributed by atoms with E-state index >= 15 is 0 Å². The van der Waals surface area contributed by atoms with Gasteiger partial charge >= 0.3 is 5.97 Å². The lowest BCUT2D eigenvalue weighted by atomic mass is 10.0. The predicted molar refractivity (Wildman–Crippen MR) is 120 cm³/mol. The van der Waals surface area contributed by atoms with Gasteiger partial charge in [-0.1, -0.05) is 41.6 Å². The van der Waals surface area contributed by atoms with Crippen LogP contribution >= 0.6 is 34.7 Å². The van der Waals surface area contributed by atoms with Gasteiger partial charge < -0.3 is 14.6 Å². The van der Waals surface area contributed by atoms with Gasteiger partial charge in [-0.3, -0.25) is 4.79 Å². The summed E-state index contributed by atoms with van der Waals surface area (Å²) in [5, 5.41) is 14.4. The summed E-state index contributed by atoms with van der Waals surface area (Å²) in [5.74, 6) is 0.0759. The van der Waals surface area contributed by atoms with Gasteiger partial charge in [-0.2, -0.15) is 0 Å². The molecule has 0 aliphatic rings. The highest BCUT2D eigenvalue weighted by Gasteiger charge is 2.22. The number of rotatable bonds is 8. The molecule has 3 aromatic rings. The number of methoxy groups -OCH3 is 1. The molecule has 7 nitrogen and oxygen atoms in total. The molecule has 0 unspecified atom stereocenters. The number of hydrogen-bond donors (Lipinski definition) is 1. The molecule has 0 aliphatic heterocycles. The zero-order chi connectivity index (χ0) is 21.7. The Morgan fingerprint density at radius 3 is 2.73 bits per heavy atom. The topological polar surface area (TPSA) is 86.1 Å². The molecule has 0 aliphatic carbocycles. The van der Waals surface area contributed by atoms with Crippen molar-refractivity contribution in [2.45, 2.75) is 18.6 Å². The molecular formula is C20H19ClN4O3S2. The molecule has 0 atom stereocenters. The molecule has 156 valence electrons. The molecule has 0 saturated carbocycles. The van der Waals surface area contributed by atoms with Gasteiger partial charge in [0, 0.05) is 22.5 Å². The van der Waals surface area contributed by atoms with Gasteiger partial charge in [-0.25, -0.2) is 4.79 Å². The molecule has 1 amide bonds. The number of allylic oxidation sites excluding steroid dienone is 1. The van der Waals surface area contributed by atoms with Crippen molar-refractivity contribution in [1.82, 2.24) is 14.8 Å². The highest BCUT2D eigenvalue weighted by atomic mass is 35.5. The molecule has 0 spiro atoms. The number of nitrogens with zero attached hydrogens (tertiary/aromatic N) is 3. The number of carbonyl (C=O) groups excluding carboxylic acids is 2. The van der Waals surface area contributed by atoms with Crippen LogP contribution in [0.2, 0.25) is 5.02 Å². The third kappa shape index (κ3) is 4.92. The molecule has 10 heteroatoms. The normalized spacial score (nSPS) is 10.6. The van der Waals surface area contributed by atoms with Crippen LogP contribution in [0.3, 0.4) is 0 Å². The number of amides is 1. The average molecular weight is 463 g/mol. The second-order valence-electron chi connectivity index (χ2n) is 6.12. The zero-order valence-corrected chi connectivity index (χ0v) is 18.7. The number of benzene rings is 1. The number of halogens is 1. The van der Waals surface area contributed by atoms with Crippen LogP contribution in [0.4, 0.5) is 5.00 Å². The number of hydrogen-bond acceptors (Lipinski definition) is 7. The third-order valence-electron chi connectivity index (χ3n) is 4.13. The van der Waals surface area contributed by atoms with Gasteiger partial charge in [-0.05, 0) is 24.6 Å². The predicted octanol–water partition coefficient (Wildman–Crippen LogP) is 4.67. The van der Waals surface area contributed by atoms with Crippen LogP contribution in [-0.2, 0) is 16.1 Å². The second kappa shape index (κ2) is 9.92. The summed E-state index contributed by atoms with van der Waals surface area (Å²) in [6.45, 7) is 6.12. The third-order valence-corrected chi connectivity index (χ3v) is 6.25. The monoisotopic (exact) mass is 462 g/mol. The maximum absolute atomic E-state index is 12.5. The van der Waals surface area contributed by atoms with E-state index < -0.39 is 5.97 Å². The van der Waals surface area contributed by atoms with Crippen LogP contribution in [0.25, 0.3) is 11.1 Å². The summed E-state index contributed by atoms with van der Waals surface area (Å²) in [5.41, 5.74) is 1.79. The fourth-order valence-electron chi connectivity index (χ4n) is 2.70. The van der Waals surface area contributed by atoms with E-state index in [0.717, 1.165) is 11.4 Å². The molecule has 0 saturated heterocycles. The molecule has 0 bridgehead atoms. The number of thioether (sulfide) groups is 1. The largest absolute Gasteiger partial charge is 0.465 e. The second-order valence-corrected chi connectivity index (χ2v) is 8.38. The van der Waals surface area contributed by atoms with E-state index in [1.165, 1.54) is 30.2 Å². The van der Waals surface area contributed by atoms with Gasteiger partial charge in [-0.15, -0.1) is 28.1 Å². The smallest absolute Gasteiger partial charge is 0.341 e. The first-order valence-corrected chi connectivity index (χ1v) is 11.1. The molecule has 1 aromatic carbocycles. The molecule has 1 N–H and O–H groups in total. The standard InChI is InChI=1S/C20H19ClN4O3S2/c1-4-9-25-12(2)23-24-20(25)30-11-16(26)22-18-17(19(27)28-3)15(10-29-18)13-5-7-14(21)8-6-13/h4-8,10H,1,9,11H2,2-3H3,(H,22,26). The van der Waals surface area contributed by atoms with E-state index in [2.05, 4.69) is 22.1 Å². The van der Waals surface area contributed by atoms with E-state index in [1.807, 2.05) is 29.0 Å². The quantitative estimate of drug-likeness (QED) is 0.297. The Kier molecular flexibility index (Phi) is 7.30. The van der Waals surface area contributed by atoms with Crippen molar-refractivity contribution in [2.75, 3.05) is 18.2 Å². The average Bonchev–Trinajstić information content (AvgIpc) is 3.30. The van der Waals surface area contributed by atoms with E-state index in [0.29, 0.717) is 32.9 Å². The minimum Gasteiger partial charge on any atom is -0.465 e. The molecule has 3 rings (SSSR count). The molecule has 2 heterocycles. The van der Waals surface area contributed by atoms with Crippen molar-refractivity contribution in [3.05, 3.63) is 58.7 Å². The van der Waals surface area contributed by atoms with Gasteiger partial charge in [0.05, 0.1) is 12.9 Å². The molecule has 2 aromatic heterocycles. The summed E-state index contributed by atoms with van der Waals surface area (Å²) >= 11 is 8.48. The fourth-order valence-corrected chi connectivity index (χ4v) is 4.59. The summed E-state index contributed by atoms with van der Waals surface area (Å²) in [7, 11) is 1.31. The van der Waals surface area contributed by atoms with Gasteiger partial charge in [0.1, 0.15) is 16.4 Å². The van der Waals surface area contributed by atoms with Crippen molar-refractivity contribution in [1.29, 1.82) is 0 Å². The van der Waals surface area contributed by atoms with Crippen molar-refractivity contribution in [3.8, 4) is 11.1 Å². The van der Waals surface area contributed by atoms with Gasteiger partial charge in [0.25, 0.3) is 0 Å². The lowest BCUT2D eigenvalue weighted by molar-refractivity contribution is -0.113. The SMILES string of the molecule is C=CCn1c(C)nnc1SCC(=O)Nc1scc(-c2ccc(Cl)cc2)c1C(=O)OC. The number of thiophene rings is 1. The zero-order valence-electron chi connectivity index (χ0n) is 16.3. The van der Waals surface area contributed by atoms with Crippen LogP contribution in [0.1, 0.15) is 16.2 Å². The molecular weight excluding hydrogens is 444 g/mol. The van der Waals surface area contributed by atoms with Crippen molar-refractivity contribution >= 4 is 51.6 Å². The maximum atomic E-state index is 12.5. The summed E-state index contributed by atoms with van der Waals surface area (Å²) in [6.07, 6.45) is 1.74. The highest BCUT2D eigenvalue weighted by molar-refractivity contribution is 7.99. The Bertz CT molecular complexity index is 1080. The maximum Gasteiger partial charge on any atom is 0.341 e. The number of ether oxygens (including phenoxy) is 1. The fraction of sp³-hybridized carbons (Fsp3) is 0.200. The minimum atomic E-state index is -0.523. The Morgan fingerprint density at radius 1 is 1.33 bits per heavy atom. The van der Waals surface area contributed by atoms with Crippen LogP contribution < -0.4 is 5.32 Å². The number of aromatic nitrogens is 3. The van der Waals surface area contributed by atoms with Crippen LogP contribution in [0.5, 0.6) is 0 Å². The Morgan fingerprint density at radius 2 is 2.07 bits per heavy atom. The van der Waals surface area contributed by atoms with Crippen LogP contribution in [-0.4, -0.2) is 39.5 Å². The number of anilines is 1. The minimum absolute atomic E-state index is 0.115. The molecule has 30 heavy (non-hydrogen) atoms. The van der Waals surface area contributed by atoms with Crippen molar-refractivity contribution in [2.24, 2.45) is 0 Å². The van der Waals surface area contributed by atoms with Crippen molar-refractivity contribution in [3.63, 3.8) is 0 Å². The Hall–Kier alpha value is -2.62. The first-order valence-electron chi connectivity index (χ1n) is 8.83. The van der Waals surface area contributed by atoms with Crippen LogP contribution in [0, 0.1) is 6.92 Å². The summed E-state index contributed by atoms with van der Waals surface area (Å²) in [4.78, 5) is 25.0. The highest BCUT2D eigenvalue weighted by Crippen LogP contribution is 2.36. The lowest BCUT2D eigenvalue weighted by Crippen LogP contribution is -2.16. The first-order chi connectivity index (χ1) is 14.4. The lowest BCUT2D eigenvalue weighted by Gasteiger charge is -2.08. The van der Waals surface area contributed by atoms with Crippen molar-refractivity contribution < 1.29 is 14.3 Å².